The molecule has 1 unspecified atom stereocenters. The van der Waals surface area contributed by atoms with E-state index in [2.05, 4.69) is 46.5 Å². The molecule has 5 heteroatoms. The highest BCUT2D eigenvalue weighted by Gasteiger charge is 2.13. The van der Waals surface area contributed by atoms with E-state index in [1.165, 1.54) is 0 Å². The Kier molecular flexibility index (Phi) is 3.71. The van der Waals surface area contributed by atoms with Gasteiger partial charge in [0.1, 0.15) is 10.7 Å². The summed E-state index contributed by atoms with van der Waals surface area (Å²) in [6, 6.07) is 12.4. The number of rotatable bonds is 4. The van der Waals surface area contributed by atoms with Crippen LogP contribution in [0, 0.1) is 0 Å². The molecule has 0 bridgehead atoms. The van der Waals surface area contributed by atoms with Crippen LogP contribution in [-0.4, -0.2) is 21.7 Å². The highest BCUT2D eigenvalue weighted by atomic mass is 32.1. The second kappa shape index (κ2) is 5.64. The minimum absolute atomic E-state index is 0.228. The van der Waals surface area contributed by atoms with Crippen LogP contribution < -0.4 is 5.32 Å². The molecule has 0 amide bonds. The van der Waals surface area contributed by atoms with Gasteiger partial charge in [0.05, 0.1) is 11.6 Å². The normalized spacial score (nSPS) is 12.7. The van der Waals surface area contributed by atoms with Crippen molar-refractivity contribution in [3.8, 4) is 10.7 Å². The quantitative estimate of drug-likeness (QED) is 0.797. The lowest BCUT2D eigenvalue weighted by atomic mass is 10.2. The van der Waals surface area contributed by atoms with Crippen LogP contribution in [0.4, 0.5) is 0 Å². The van der Waals surface area contributed by atoms with E-state index in [9.17, 15) is 0 Å². The maximum atomic E-state index is 4.65. The molecule has 0 fully saturated rings. The third-order valence-corrected chi connectivity index (χ3v) is 4.27. The van der Waals surface area contributed by atoms with Crippen molar-refractivity contribution in [1.82, 2.24) is 20.5 Å². The standard InChI is InChI=1S/C15H16N4S/c1-3-16-10(2)14-18-19-15(20-14)13-9-8-11-6-4-5-7-12(11)17-13/h4-10,16H,3H2,1-2H3. The highest BCUT2D eigenvalue weighted by Crippen LogP contribution is 2.26. The molecule has 20 heavy (non-hydrogen) atoms. The molecule has 1 atom stereocenters. The van der Waals surface area contributed by atoms with Crippen LogP contribution in [0.3, 0.4) is 0 Å². The molecule has 0 aliphatic heterocycles. The number of fused-ring (bicyclic) bond motifs is 1. The third kappa shape index (κ3) is 2.55. The van der Waals surface area contributed by atoms with Gasteiger partial charge < -0.3 is 5.32 Å². The van der Waals surface area contributed by atoms with Crippen molar-refractivity contribution in [2.75, 3.05) is 6.54 Å². The van der Waals surface area contributed by atoms with Crippen molar-refractivity contribution >= 4 is 22.2 Å². The number of nitrogens with zero attached hydrogens (tertiary/aromatic N) is 3. The Morgan fingerprint density at radius 2 is 2.00 bits per heavy atom. The lowest BCUT2D eigenvalue weighted by Crippen LogP contribution is -2.17. The lowest BCUT2D eigenvalue weighted by molar-refractivity contribution is 0.590. The molecule has 1 N–H and O–H groups in total. The van der Waals surface area contributed by atoms with Gasteiger partial charge in [-0.15, -0.1) is 10.2 Å². The Bertz CT molecular complexity index is 722. The lowest BCUT2D eigenvalue weighted by Gasteiger charge is -2.06. The minimum Gasteiger partial charge on any atom is -0.308 e. The predicted octanol–water partition coefficient (Wildman–Crippen LogP) is 3.42. The first kappa shape index (κ1) is 13.1. The molecule has 0 aliphatic carbocycles. The molecule has 0 saturated heterocycles. The molecule has 0 aliphatic rings. The summed E-state index contributed by atoms with van der Waals surface area (Å²) in [6.07, 6.45) is 0. The summed E-state index contributed by atoms with van der Waals surface area (Å²) in [5.41, 5.74) is 1.87. The van der Waals surface area contributed by atoms with E-state index in [1.54, 1.807) is 11.3 Å². The van der Waals surface area contributed by atoms with Crippen LogP contribution in [0.15, 0.2) is 36.4 Å². The molecule has 2 heterocycles. The first-order chi connectivity index (χ1) is 9.78. The average molecular weight is 284 g/mol. The fourth-order valence-electron chi connectivity index (χ4n) is 2.09. The first-order valence-electron chi connectivity index (χ1n) is 6.71. The molecular formula is C15H16N4S. The predicted molar refractivity (Wildman–Crippen MR) is 82.7 cm³/mol. The van der Waals surface area contributed by atoms with Gasteiger partial charge in [-0.25, -0.2) is 4.98 Å². The van der Waals surface area contributed by atoms with Crippen LogP contribution >= 0.6 is 11.3 Å². The third-order valence-electron chi connectivity index (χ3n) is 3.14. The molecule has 4 nitrogen and oxygen atoms in total. The van der Waals surface area contributed by atoms with Crippen LogP contribution in [0.1, 0.15) is 24.9 Å². The summed E-state index contributed by atoms with van der Waals surface area (Å²) in [4.78, 5) is 4.65. The largest absolute Gasteiger partial charge is 0.308 e. The second-order valence-corrected chi connectivity index (χ2v) is 5.62. The Morgan fingerprint density at radius 1 is 1.15 bits per heavy atom. The van der Waals surface area contributed by atoms with Crippen LogP contribution in [0.25, 0.3) is 21.6 Å². The van der Waals surface area contributed by atoms with E-state index >= 15 is 0 Å². The molecule has 102 valence electrons. The molecule has 0 saturated carbocycles. The minimum atomic E-state index is 0.228. The van der Waals surface area contributed by atoms with Crippen molar-refractivity contribution in [2.45, 2.75) is 19.9 Å². The summed E-state index contributed by atoms with van der Waals surface area (Å²) < 4.78 is 0. The number of pyridine rings is 1. The number of benzene rings is 1. The zero-order valence-corrected chi connectivity index (χ0v) is 12.3. The Hall–Kier alpha value is -1.85. The van der Waals surface area contributed by atoms with E-state index in [1.807, 2.05) is 24.3 Å². The van der Waals surface area contributed by atoms with E-state index in [0.29, 0.717) is 0 Å². The summed E-state index contributed by atoms with van der Waals surface area (Å²) in [5, 5.41) is 14.9. The van der Waals surface area contributed by atoms with E-state index < -0.39 is 0 Å². The first-order valence-corrected chi connectivity index (χ1v) is 7.52. The van der Waals surface area contributed by atoms with Gasteiger partial charge in [0.2, 0.25) is 0 Å². The van der Waals surface area contributed by atoms with Crippen molar-refractivity contribution in [1.29, 1.82) is 0 Å². The average Bonchev–Trinajstić information content (AvgIpc) is 2.97. The SMILES string of the molecule is CCNC(C)c1nnc(-c2ccc3ccccc3n2)s1. The number of hydrogen-bond donors (Lipinski definition) is 1. The fourth-order valence-corrected chi connectivity index (χ4v) is 2.93. The number of nitrogens with one attached hydrogen (secondary N) is 1. The maximum Gasteiger partial charge on any atom is 0.166 e. The highest BCUT2D eigenvalue weighted by molar-refractivity contribution is 7.14. The summed E-state index contributed by atoms with van der Waals surface area (Å²) in [7, 11) is 0. The number of para-hydroxylation sites is 1. The van der Waals surface area contributed by atoms with Crippen LogP contribution in [-0.2, 0) is 0 Å². The Morgan fingerprint density at radius 3 is 2.85 bits per heavy atom. The van der Waals surface area contributed by atoms with Gasteiger partial charge in [0.25, 0.3) is 0 Å². The topological polar surface area (TPSA) is 50.7 Å². The number of hydrogen-bond acceptors (Lipinski definition) is 5. The van der Waals surface area contributed by atoms with Crippen LogP contribution in [0.5, 0.6) is 0 Å². The van der Waals surface area contributed by atoms with Crippen molar-refractivity contribution < 1.29 is 0 Å². The summed E-state index contributed by atoms with van der Waals surface area (Å²) in [6.45, 7) is 5.11. The van der Waals surface area contributed by atoms with Crippen molar-refractivity contribution in [2.24, 2.45) is 0 Å². The van der Waals surface area contributed by atoms with E-state index in [-0.39, 0.29) is 6.04 Å². The zero-order chi connectivity index (χ0) is 13.9. The smallest absolute Gasteiger partial charge is 0.166 e. The molecule has 1 aromatic carbocycles. The monoisotopic (exact) mass is 284 g/mol. The van der Waals surface area contributed by atoms with Crippen LogP contribution in [0.2, 0.25) is 0 Å². The van der Waals surface area contributed by atoms with Gasteiger partial charge in [-0.2, -0.15) is 0 Å². The second-order valence-electron chi connectivity index (χ2n) is 4.61. The van der Waals surface area contributed by atoms with Crippen molar-refractivity contribution in [3.05, 3.63) is 41.4 Å². The zero-order valence-electron chi connectivity index (χ0n) is 11.5. The molecule has 0 spiro atoms. The molecule has 3 aromatic rings. The van der Waals surface area contributed by atoms with Gasteiger partial charge >= 0.3 is 0 Å². The Labute approximate surface area is 121 Å². The van der Waals surface area contributed by atoms with Gasteiger partial charge in [-0.3, -0.25) is 0 Å². The van der Waals surface area contributed by atoms with Gasteiger partial charge in [0.15, 0.2) is 5.01 Å². The van der Waals surface area contributed by atoms with E-state index in [4.69, 9.17) is 0 Å². The van der Waals surface area contributed by atoms with Gasteiger partial charge in [0, 0.05) is 5.39 Å². The van der Waals surface area contributed by atoms with Crippen molar-refractivity contribution in [3.63, 3.8) is 0 Å². The molecular weight excluding hydrogens is 268 g/mol. The van der Waals surface area contributed by atoms with Gasteiger partial charge in [-0.1, -0.05) is 42.5 Å². The molecule has 3 rings (SSSR count). The molecule has 0 radical (unpaired) electrons. The van der Waals surface area contributed by atoms with Gasteiger partial charge in [-0.05, 0) is 25.6 Å². The van der Waals surface area contributed by atoms with E-state index in [0.717, 1.165) is 33.2 Å². The Balaban J connectivity index is 1.94. The fraction of sp³-hybridized carbons (Fsp3) is 0.267. The summed E-state index contributed by atoms with van der Waals surface area (Å²) in [5.74, 6) is 0. The maximum absolute atomic E-state index is 4.65. The summed E-state index contributed by atoms with van der Waals surface area (Å²) >= 11 is 1.60. The molecule has 2 aromatic heterocycles. The number of aromatic nitrogens is 3.